The zero-order valence-electron chi connectivity index (χ0n) is 11.4. The van der Waals surface area contributed by atoms with Crippen molar-refractivity contribution >= 4 is 21.6 Å². The predicted octanol–water partition coefficient (Wildman–Crippen LogP) is 1.61. The maximum Gasteiger partial charge on any atom is 0.244 e. The molecule has 1 unspecified atom stereocenters. The lowest BCUT2D eigenvalue weighted by atomic mass is 10.2. The molecule has 2 saturated heterocycles. The van der Waals surface area contributed by atoms with Crippen LogP contribution < -0.4 is 0 Å². The van der Waals surface area contributed by atoms with Crippen LogP contribution >= 0.6 is 11.6 Å². The first kappa shape index (κ1) is 14.4. The number of sulfonamides is 1. The van der Waals surface area contributed by atoms with Crippen molar-refractivity contribution in [3.05, 3.63) is 18.0 Å². The van der Waals surface area contributed by atoms with E-state index in [1.54, 1.807) is 16.6 Å². The van der Waals surface area contributed by atoms with Gasteiger partial charge in [-0.25, -0.2) is 8.42 Å². The largest absolute Gasteiger partial charge is 0.363 e. The van der Waals surface area contributed by atoms with Gasteiger partial charge in [0.15, 0.2) is 0 Å². The van der Waals surface area contributed by atoms with Crippen LogP contribution in [-0.2, 0) is 15.9 Å². The maximum absolute atomic E-state index is 12.7. The lowest BCUT2D eigenvalue weighted by Crippen LogP contribution is -2.39. The van der Waals surface area contributed by atoms with Crippen LogP contribution in [-0.4, -0.2) is 54.8 Å². The predicted molar refractivity (Wildman–Crippen MR) is 78.3 cm³/mol. The summed E-state index contributed by atoms with van der Waals surface area (Å²) in [4.78, 5) is 5.67. The average molecular weight is 318 g/mol. The molecule has 5 nitrogen and oxygen atoms in total. The van der Waals surface area contributed by atoms with Crippen molar-refractivity contribution < 1.29 is 8.42 Å². The summed E-state index contributed by atoms with van der Waals surface area (Å²) in [6, 6.07) is 2.03. The molecule has 20 heavy (non-hydrogen) atoms. The summed E-state index contributed by atoms with van der Waals surface area (Å²) in [5.41, 5.74) is 0.738. The molecule has 0 radical (unpaired) electrons. The molecular weight excluding hydrogens is 298 g/mol. The Hall–Kier alpha value is -0.560. The number of nitrogens with one attached hydrogen (secondary N) is 1. The van der Waals surface area contributed by atoms with E-state index in [9.17, 15) is 8.42 Å². The van der Waals surface area contributed by atoms with Crippen LogP contribution in [0.15, 0.2) is 17.2 Å². The van der Waals surface area contributed by atoms with E-state index in [1.165, 1.54) is 6.42 Å². The van der Waals surface area contributed by atoms with Gasteiger partial charge in [-0.05, 0) is 38.4 Å². The molecule has 2 aliphatic heterocycles. The second-order valence-corrected chi connectivity index (χ2v) is 7.75. The van der Waals surface area contributed by atoms with E-state index in [4.69, 9.17) is 11.6 Å². The lowest BCUT2D eigenvalue weighted by Gasteiger charge is -2.24. The minimum absolute atomic E-state index is 0.298. The van der Waals surface area contributed by atoms with Crippen molar-refractivity contribution in [3.63, 3.8) is 0 Å². The van der Waals surface area contributed by atoms with Gasteiger partial charge in [0.2, 0.25) is 10.0 Å². The number of aromatic amines is 1. The number of nitrogens with zero attached hydrogens (tertiary/aromatic N) is 2. The zero-order chi connectivity index (χ0) is 14.2. The molecule has 0 aromatic carbocycles. The van der Waals surface area contributed by atoms with Crippen molar-refractivity contribution in [1.29, 1.82) is 0 Å². The third-order valence-corrected chi connectivity index (χ3v) is 6.40. The Labute approximate surface area is 124 Å². The molecule has 112 valence electrons. The average Bonchev–Trinajstić information content (AvgIpc) is 3.04. The lowest BCUT2D eigenvalue weighted by molar-refractivity contribution is 0.257. The van der Waals surface area contributed by atoms with Crippen LogP contribution in [0, 0.1) is 0 Å². The fraction of sp³-hybridized carbons (Fsp3) is 0.692. The number of alkyl halides is 1. The van der Waals surface area contributed by atoms with E-state index < -0.39 is 10.0 Å². The second kappa shape index (κ2) is 5.67. The Morgan fingerprint density at radius 1 is 1.30 bits per heavy atom. The number of fused-ring (bicyclic) bond motifs is 1. The minimum Gasteiger partial charge on any atom is -0.363 e. The molecule has 1 aromatic heterocycles. The SMILES string of the molecule is O=S(=O)(c1c[nH]c(CCl)c1)N1CCCN2CCCC2C1. The van der Waals surface area contributed by atoms with Gasteiger partial charge in [0.25, 0.3) is 0 Å². The molecule has 3 heterocycles. The molecule has 2 fully saturated rings. The highest BCUT2D eigenvalue weighted by atomic mass is 35.5. The van der Waals surface area contributed by atoms with E-state index in [0.717, 1.165) is 31.6 Å². The van der Waals surface area contributed by atoms with Gasteiger partial charge in [0, 0.05) is 31.0 Å². The Balaban J connectivity index is 1.82. The van der Waals surface area contributed by atoms with Gasteiger partial charge in [0.1, 0.15) is 0 Å². The standard InChI is InChI=1S/C13H20ClN3O2S/c14-8-11-7-13(9-15-11)20(18,19)17-6-2-5-16-4-1-3-12(16)10-17/h7,9,12,15H,1-6,8,10H2. The molecule has 0 saturated carbocycles. The first-order chi connectivity index (χ1) is 9.61. The summed E-state index contributed by atoms with van der Waals surface area (Å²) in [5.74, 6) is 0.298. The van der Waals surface area contributed by atoms with Gasteiger partial charge >= 0.3 is 0 Å². The monoisotopic (exact) mass is 317 g/mol. The molecule has 1 N–H and O–H groups in total. The first-order valence-electron chi connectivity index (χ1n) is 7.09. The zero-order valence-corrected chi connectivity index (χ0v) is 13.0. The molecule has 1 atom stereocenters. The van der Waals surface area contributed by atoms with E-state index in [1.807, 2.05) is 0 Å². The van der Waals surface area contributed by atoms with Crippen molar-refractivity contribution in [2.75, 3.05) is 26.2 Å². The van der Waals surface area contributed by atoms with Gasteiger partial charge < -0.3 is 4.98 Å². The maximum atomic E-state index is 12.7. The highest BCUT2D eigenvalue weighted by Gasteiger charge is 2.34. The molecule has 0 aliphatic carbocycles. The van der Waals surface area contributed by atoms with Crippen LogP contribution in [0.5, 0.6) is 0 Å². The molecule has 1 aromatic rings. The minimum atomic E-state index is -3.40. The molecule has 0 spiro atoms. The normalized spacial score (nSPS) is 25.6. The number of hydrogen-bond donors (Lipinski definition) is 1. The summed E-state index contributed by atoms with van der Waals surface area (Å²) in [6.45, 7) is 3.34. The molecule has 0 bridgehead atoms. The Bertz CT molecular complexity index is 572. The Morgan fingerprint density at radius 3 is 2.85 bits per heavy atom. The van der Waals surface area contributed by atoms with Crippen molar-refractivity contribution in [3.8, 4) is 0 Å². The van der Waals surface area contributed by atoms with E-state index in [-0.39, 0.29) is 0 Å². The smallest absolute Gasteiger partial charge is 0.244 e. The quantitative estimate of drug-likeness (QED) is 0.862. The van der Waals surface area contributed by atoms with Crippen molar-refractivity contribution in [2.24, 2.45) is 0 Å². The summed E-state index contributed by atoms with van der Waals surface area (Å²) < 4.78 is 27.0. The van der Waals surface area contributed by atoms with Gasteiger partial charge in [-0.3, -0.25) is 4.90 Å². The van der Waals surface area contributed by atoms with Gasteiger partial charge in [-0.15, -0.1) is 11.6 Å². The van der Waals surface area contributed by atoms with Gasteiger partial charge in [-0.2, -0.15) is 4.31 Å². The first-order valence-corrected chi connectivity index (χ1v) is 9.06. The number of H-pyrrole nitrogens is 1. The third-order valence-electron chi connectivity index (χ3n) is 4.26. The third kappa shape index (κ3) is 2.62. The van der Waals surface area contributed by atoms with Crippen LogP contribution in [0.2, 0.25) is 0 Å². The Kier molecular flexibility index (Phi) is 4.08. The molecule has 0 amide bonds. The summed E-state index contributed by atoms with van der Waals surface area (Å²) in [6.07, 6.45) is 4.73. The summed E-state index contributed by atoms with van der Waals surface area (Å²) in [7, 11) is -3.40. The van der Waals surface area contributed by atoms with Crippen LogP contribution in [0.4, 0.5) is 0 Å². The van der Waals surface area contributed by atoms with E-state index >= 15 is 0 Å². The molecule has 2 aliphatic rings. The van der Waals surface area contributed by atoms with Crippen LogP contribution in [0.3, 0.4) is 0 Å². The molecule has 3 rings (SSSR count). The highest BCUT2D eigenvalue weighted by molar-refractivity contribution is 7.89. The van der Waals surface area contributed by atoms with E-state index in [0.29, 0.717) is 29.9 Å². The highest BCUT2D eigenvalue weighted by Crippen LogP contribution is 2.25. The number of halogens is 1. The Morgan fingerprint density at radius 2 is 2.10 bits per heavy atom. The van der Waals surface area contributed by atoms with Crippen LogP contribution in [0.1, 0.15) is 25.0 Å². The summed E-state index contributed by atoms with van der Waals surface area (Å²) >= 11 is 5.73. The number of rotatable bonds is 3. The fourth-order valence-corrected chi connectivity index (χ4v) is 4.87. The fourth-order valence-electron chi connectivity index (χ4n) is 3.19. The van der Waals surface area contributed by atoms with Crippen molar-refractivity contribution in [1.82, 2.24) is 14.2 Å². The molecule has 7 heteroatoms. The summed E-state index contributed by atoms with van der Waals surface area (Å²) in [5, 5.41) is 0. The molecular formula is C13H20ClN3O2S. The van der Waals surface area contributed by atoms with Crippen LogP contribution in [0.25, 0.3) is 0 Å². The number of aromatic nitrogens is 1. The second-order valence-electron chi connectivity index (χ2n) is 5.54. The topological polar surface area (TPSA) is 56.4 Å². The van der Waals surface area contributed by atoms with Gasteiger partial charge in [-0.1, -0.05) is 0 Å². The number of hydrogen-bond acceptors (Lipinski definition) is 3. The van der Waals surface area contributed by atoms with E-state index in [2.05, 4.69) is 9.88 Å². The van der Waals surface area contributed by atoms with Crippen molar-refractivity contribution in [2.45, 2.75) is 36.1 Å². The van der Waals surface area contributed by atoms with Gasteiger partial charge in [0.05, 0.1) is 10.8 Å².